The van der Waals surface area contributed by atoms with Crippen LogP contribution in [0, 0.1) is 0 Å². The molecule has 29 heavy (non-hydrogen) atoms. The number of para-hydroxylation sites is 2. The second-order valence-corrected chi connectivity index (χ2v) is 6.46. The van der Waals surface area contributed by atoms with E-state index in [1.54, 1.807) is 42.5 Å². The Labute approximate surface area is 164 Å². The minimum absolute atomic E-state index is 0.174. The summed E-state index contributed by atoms with van der Waals surface area (Å²) in [6, 6.07) is 12.1. The summed E-state index contributed by atoms with van der Waals surface area (Å²) in [5, 5.41) is 2.70. The molecule has 0 fully saturated rings. The Kier molecular flexibility index (Phi) is 4.94. The fourth-order valence-electron chi connectivity index (χ4n) is 2.96. The molecule has 4 rings (SSSR count). The molecule has 2 heterocycles. The molecule has 0 aliphatic carbocycles. The van der Waals surface area contributed by atoms with Crippen LogP contribution in [-0.2, 0) is 27.4 Å². The molecule has 0 saturated carbocycles. The Morgan fingerprint density at radius 2 is 1.97 bits per heavy atom. The molecule has 9 heteroatoms. The number of rotatable bonds is 6. The van der Waals surface area contributed by atoms with Crippen molar-refractivity contribution < 1.29 is 28.2 Å². The van der Waals surface area contributed by atoms with Gasteiger partial charge in [0.2, 0.25) is 6.79 Å². The normalized spacial score (nSPS) is 13.3. The van der Waals surface area contributed by atoms with E-state index in [9.17, 15) is 14.4 Å². The van der Waals surface area contributed by atoms with Crippen LogP contribution in [0.2, 0.25) is 0 Å². The van der Waals surface area contributed by atoms with Gasteiger partial charge in [0.05, 0.1) is 5.52 Å². The van der Waals surface area contributed by atoms with E-state index < -0.39 is 23.7 Å². The third-order valence-corrected chi connectivity index (χ3v) is 4.44. The smallest absolute Gasteiger partial charge is 0.420 e. The molecule has 0 unspecified atom stereocenters. The molecule has 0 radical (unpaired) electrons. The number of carbonyl (C=O) groups excluding carboxylic acids is 2. The minimum Gasteiger partial charge on any atom is -0.454 e. The van der Waals surface area contributed by atoms with Crippen molar-refractivity contribution in [2.75, 3.05) is 6.79 Å². The summed E-state index contributed by atoms with van der Waals surface area (Å²) in [4.78, 5) is 36.3. The largest absolute Gasteiger partial charge is 0.454 e. The predicted molar refractivity (Wildman–Crippen MR) is 100 cm³/mol. The Bertz CT molecular complexity index is 1130. The maximum atomic E-state index is 12.2. The van der Waals surface area contributed by atoms with Crippen LogP contribution in [0.15, 0.2) is 51.7 Å². The molecule has 1 aromatic heterocycles. The van der Waals surface area contributed by atoms with Crippen LogP contribution in [0.4, 0.5) is 0 Å². The number of esters is 1. The number of nitrogens with one attached hydrogen (secondary N) is 1. The standard InChI is InChI=1S/C20H18N2O7/c1-12(19(24)21-9-13-6-7-16-17(8-13)27-11-26-16)28-18(23)10-22-14-4-2-3-5-15(14)29-20(22)25/h2-8,12H,9-11H2,1H3,(H,21,24)/t12-/m1/s1. The summed E-state index contributed by atoms with van der Waals surface area (Å²) in [5.41, 5.74) is 1.67. The highest BCUT2D eigenvalue weighted by Gasteiger charge is 2.20. The van der Waals surface area contributed by atoms with Crippen LogP contribution in [0.1, 0.15) is 12.5 Å². The van der Waals surface area contributed by atoms with E-state index in [-0.39, 0.29) is 19.9 Å². The highest BCUT2D eigenvalue weighted by atomic mass is 16.7. The molecule has 0 bridgehead atoms. The minimum atomic E-state index is -1.02. The lowest BCUT2D eigenvalue weighted by Crippen LogP contribution is -2.36. The van der Waals surface area contributed by atoms with Crippen LogP contribution >= 0.6 is 0 Å². The van der Waals surface area contributed by atoms with Crippen molar-refractivity contribution in [3.63, 3.8) is 0 Å². The number of aromatic nitrogens is 1. The molecule has 9 nitrogen and oxygen atoms in total. The van der Waals surface area contributed by atoms with Gasteiger partial charge in [0, 0.05) is 6.54 Å². The quantitative estimate of drug-likeness (QED) is 0.628. The van der Waals surface area contributed by atoms with Gasteiger partial charge < -0.3 is 23.9 Å². The van der Waals surface area contributed by atoms with E-state index in [4.69, 9.17) is 18.6 Å². The van der Waals surface area contributed by atoms with Crippen LogP contribution in [0.3, 0.4) is 0 Å². The highest BCUT2D eigenvalue weighted by molar-refractivity contribution is 5.83. The van der Waals surface area contributed by atoms with Gasteiger partial charge in [-0.2, -0.15) is 0 Å². The van der Waals surface area contributed by atoms with Gasteiger partial charge >= 0.3 is 11.7 Å². The van der Waals surface area contributed by atoms with Gasteiger partial charge in [-0.1, -0.05) is 18.2 Å². The summed E-state index contributed by atoms with van der Waals surface area (Å²) in [7, 11) is 0. The van der Waals surface area contributed by atoms with Crippen molar-refractivity contribution in [1.29, 1.82) is 0 Å². The molecule has 150 valence electrons. The summed E-state index contributed by atoms with van der Waals surface area (Å²) in [6.07, 6.45) is -1.02. The highest BCUT2D eigenvalue weighted by Crippen LogP contribution is 2.32. The fourth-order valence-corrected chi connectivity index (χ4v) is 2.96. The molecular weight excluding hydrogens is 380 g/mol. The predicted octanol–water partition coefficient (Wildman–Crippen LogP) is 1.57. The third-order valence-electron chi connectivity index (χ3n) is 4.44. The molecule has 0 spiro atoms. The summed E-state index contributed by atoms with van der Waals surface area (Å²) in [6.45, 7) is 1.52. The Morgan fingerprint density at radius 3 is 2.83 bits per heavy atom. The van der Waals surface area contributed by atoms with Crippen molar-refractivity contribution in [3.05, 3.63) is 58.6 Å². The van der Waals surface area contributed by atoms with E-state index in [1.165, 1.54) is 6.92 Å². The lowest BCUT2D eigenvalue weighted by atomic mass is 10.2. The first-order valence-electron chi connectivity index (χ1n) is 8.95. The molecule has 1 amide bonds. The Morgan fingerprint density at radius 1 is 1.17 bits per heavy atom. The average Bonchev–Trinajstić information content (AvgIpc) is 3.30. The van der Waals surface area contributed by atoms with E-state index in [0.29, 0.717) is 22.6 Å². The van der Waals surface area contributed by atoms with Gasteiger partial charge in [-0.3, -0.25) is 14.2 Å². The van der Waals surface area contributed by atoms with Crippen LogP contribution in [0.5, 0.6) is 11.5 Å². The number of oxazole rings is 1. The van der Waals surface area contributed by atoms with Gasteiger partial charge in [-0.15, -0.1) is 0 Å². The van der Waals surface area contributed by atoms with E-state index in [0.717, 1.165) is 10.1 Å². The van der Waals surface area contributed by atoms with Crippen LogP contribution < -0.4 is 20.5 Å². The second kappa shape index (κ2) is 7.70. The Hall–Kier alpha value is -3.75. The maximum Gasteiger partial charge on any atom is 0.420 e. The summed E-state index contributed by atoms with van der Waals surface area (Å²) in [5.74, 6) is -0.564. The third kappa shape index (κ3) is 3.93. The average molecular weight is 398 g/mol. The van der Waals surface area contributed by atoms with Gasteiger partial charge in [0.15, 0.2) is 23.2 Å². The number of hydrogen-bond acceptors (Lipinski definition) is 7. The molecule has 1 aliphatic rings. The summed E-state index contributed by atoms with van der Waals surface area (Å²) >= 11 is 0. The molecular formula is C20H18N2O7. The number of fused-ring (bicyclic) bond motifs is 2. The van der Waals surface area contributed by atoms with Crippen molar-refractivity contribution >= 4 is 23.0 Å². The lowest BCUT2D eigenvalue weighted by Gasteiger charge is -2.14. The first kappa shape index (κ1) is 18.6. The molecule has 2 aromatic carbocycles. The topological polar surface area (TPSA) is 109 Å². The van der Waals surface area contributed by atoms with Crippen molar-refractivity contribution in [3.8, 4) is 11.5 Å². The second-order valence-electron chi connectivity index (χ2n) is 6.46. The molecule has 1 N–H and O–H groups in total. The number of carbonyl (C=O) groups is 2. The number of amides is 1. The van der Waals surface area contributed by atoms with Gasteiger partial charge in [0.1, 0.15) is 6.54 Å². The van der Waals surface area contributed by atoms with Gasteiger partial charge in [0.25, 0.3) is 5.91 Å². The van der Waals surface area contributed by atoms with E-state index in [1.807, 2.05) is 0 Å². The number of benzene rings is 2. The van der Waals surface area contributed by atoms with Crippen LogP contribution in [0.25, 0.3) is 11.1 Å². The number of hydrogen-bond donors (Lipinski definition) is 1. The monoisotopic (exact) mass is 398 g/mol. The van der Waals surface area contributed by atoms with Crippen molar-refractivity contribution in [2.45, 2.75) is 26.1 Å². The molecule has 1 aliphatic heterocycles. The zero-order chi connectivity index (χ0) is 20.4. The van der Waals surface area contributed by atoms with E-state index >= 15 is 0 Å². The molecule has 1 atom stereocenters. The van der Waals surface area contributed by atoms with Crippen molar-refractivity contribution in [2.24, 2.45) is 0 Å². The van der Waals surface area contributed by atoms with Gasteiger partial charge in [-0.25, -0.2) is 4.79 Å². The lowest BCUT2D eigenvalue weighted by molar-refractivity contribution is -0.155. The molecule has 0 saturated heterocycles. The molecule has 3 aromatic rings. The van der Waals surface area contributed by atoms with Crippen molar-refractivity contribution in [1.82, 2.24) is 9.88 Å². The zero-order valence-corrected chi connectivity index (χ0v) is 15.5. The number of nitrogens with zero attached hydrogens (tertiary/aromatic N) is 1. The number of ether oxygens (including phenoxy) is 3. The Balaban J connectivity index is 1.33. The summed E-state index contributed by atoms with van der Waals surface area (Å²) < 4.78 is 21.9. The zero-order valence-electron chi connectivity index (χ0n) is 15.5. The maximum absolute atomic E-state index is 12.2. The van der Waals surface area contributed by atoms with E-state index in [2.05, 4.69) is 5.32 Å². The first-order valence-corrected chi connectivity index (χ1v) is 8.95. The van der Waals surface area contributed by atoms with Crippen LogP contribution in [-0.4, -0.2) is 29.3 Å². The fraction of sp³-hybridized carbons (Fsp3) is 0.250. The first-order chi connectivity index (χ1) is 14.0. The SMILES string of the molecule is C[C@@H](OC(=O)Cn1c(=O)oc2ccccc21)C(=O)NCc1ccc2c(c1)OCO2. The van der Waals surface area contributed by atoms with Gasteiger partial charge in [-0.05, 0) is 36.8 Å².